The van der Waals surface area contributed by atoms with E-state index < -0.39 is 5.97 Å². The molecule has 1 aliphatic rings. The van der Waals surface area contributed by atoms with Gasteiger partial charge in [-0.25, -0.2) is 9.78 Å². The number of nitrogens with zero attached hydrogens (tertiary/aromatic N) is 2. The summed E-state index contributed by atoms with van der Waals surface area (Å²) >= 11 is 0. The third kappa shape index (κ3) is 3.57. The van der Waals surface area contributed by atoms with Crippen LogP contribution in [0.4, 0.5) is 5.82 Å². The van der Waals surface area contributed by atoms with E-state index >= 15 is 0 Å². The fourth-order valence-electron chi connectivity index (χ4n) is 1.80. The summed E-state index contributed by atoms with van der Waals surface area (Å²) in [4.78, 5) is 17.2. The molecule has 1 aromatic rings. The number of carbonyl (C=O) groups is 1. The minimum atomic E-state index is -0.906. The van der Waals surface area contributed by atoms with Gasteiger partial charge >= 0.3 is 5.97 Å². The highest BCUT2D eigenvalue weighted by molar-refractivity contribution is 5.88. The van der Waals surface area contributed by atoms with Crippen LogP contribution in [0, 0.1) is 0 Å². The van der Waals surface area contributed by atoms with Gasteiger partial charge in [0.1, 0.15) is 5.82 Å². The zero-order valence-electron chi connectivity index (χ0n) is 9.43. The van der Waals surface area contributed by atoms with E-state index in [1.165, 1.54) is 6.07 Å². The number of hydrogen-bond acceptors (Lipinski definition) is 4. The molecule has 0 bridgehead atoms. The van der Waals surface area contributed by atoms with Crippen molar-refractivity contribution in [2.75, 3.05) is 31.1 Å². The Kier molecular flexibility index (Phi) is 5.18. The molecule has 0 radical (unpaired) electrons. The van der Waals surface area contributed by atoms with Gasteiger partial charge in [0, 0.05) is 25.8 Å². The summed E-state index contributed by atoms with van der Waals surface area (Å²) in [7, 11) is 0. The summed E-state index contributed by atoms with van der Waals surface area (Å²) in [6.45, 7) is 3.72. The number of nitrogens with one attached hydrogen (secondary N) is 1. The Morgan fingerprint density at radius 1 is 1.41 bits per heavy atom. The van der Waals surface area contributed by atoms with Gasteiger partial charge in [-0.1, -0.05) is 0 Å². The summed E-state index contributed by atoms with van der Waals surface area (Å²) in [6.07, 6.45) is 2.61. The van der Waals surface area contributed by atoms with Crippen molar-refractivity contribution in [3.63, 3.8) is 0 Å². The number of carboxylic acids is 1. The molecule has 0 aliphatic carbocycles. The molecule has 0 amide bonds. The fourth-order valence-corrected chi connectivity index (χ4v) is 1.80. The van der Waals surface area contributed by atoms with Gasteiger partial charge in [0.25, 0.3) is 0 Å². The summed E-state index contributed by atoms with van der Waals surface area (Å²) in [6, 6.07) is 3.15. The number of carboxylic acid groups (broad SMARTS) is 1. The second kappa shape index (κ2) is 6.42. The maximum atomic E-state index is 10.8. The van der Waals surface area contributed by atoms with Crippen molar-refractivity contribution >= 4 is 24.2 Å². The van der Waals surface area contributed by atoms with Gasteiger partial charge < -0.3 is 15.3 Å². The Hall–Kier alpha value is -1.33. The molecule has 1 fully saturated rings. The van der Waals surface area contributed by atoms with Crippen LogP contribution < -0.4 is 10.2 Å². The van der Waals surface area contributed by atoms with E-state index in [2.05, 4.69) is 15.2 Å². The Morgan fingerprint density at radius 2 is 2.24 bits per heavy atom. The van der Waals surface area contributed by atoms with Gasteiger partial charge in [0.2, 0.25) is 0 Å². The molecule has 1 aliphatic heterocycles. The fraction of sp³-hybridized carbons (Fsp3) is 0.455. The van der Waals surface area contributed by atoms with E-state index in [4.69, 9.17) is 5.11 Å². The minimum Gasteiger partial charge on any atom is -0.478 e. The molecule has 0 atom stereocenters. The van der Waals surface area contributed by atoms with Gasteiger partial charge in [-0.3, -0.25) is 0 Å². The maximum absolute atomic E-state index is 10.8. The molecule has 0 spiro atoms. The molecule has 2 rings (SSSR count). The van der Waals surface area contributed by atoms with Crippen LogP contribution >= 0.6 is 12.4 Å². The third-order valence-electron chi connectivity index (χ3n) is 2.66. The SMILES string of the molecule is Cl.O=C(O)c1ccnc(N2CCCNCC2)c1. The monoisotopic (exact) mass is 257 g/mol. The van der Waals surface area contributed by atoms with Crippen molar-refractivity contribution in [2.24, 2.45) is 0 Å². The third-order valence-corrected chi connectivity index (χ3v) is 2.66. The highest BCUT2D eigenvalue weighted by Gasteiger charge is 2.12. The first-order valence-electron chi connectivity index (χ1n) is 5.42. The molecular formula is C11H16ClN3O2. The molecule has 2 heterocycles. The largest absolute Gasteiger partial charge is 0.478 e. The van der Waals surface area contributed by atoms with Crippen LogP contribution in [0.2, 0.25) is 0 Å². The first-order valence-corrected chi connectivity index (χ1v) is 5.42. The smallest absolute Gasteiger partial charge is 0.335 e. The highest BCUT2D eigenvalue weighted by atomic mass is 35.5. The normalized spacial score (nSPS) is 15.9. The molecule has 2 N–H and O–H groups in total. The molecular weight excluding hydrogens is 242 g/mol. The van der Waals surface area contributed by atoms with Crippen LogP contribution in [0.5, 0.6) is 0 Å². The quantitative estimate of drug-likeness (QED) is 0.828. The second-order valence-corrected chi connectivity index (χ2v) is 3.80. The molecule has 1 aromatic heterocycles. The lowest BCUT2D eigenvalue weighted by atomic mass is 10.2. The maximum Gasteiger partial charge on any atom is 0.335 e. The van der Waals surface area contributed by atoms with Crippen molar-refractivity contribution < 1.29 is 9.90 Å². The molecule has 6 heteroatoms. The predicted octanol–water partition coefficient (Wildman–Crippen LogP) is 1.00. The van der Waals surface area contributed by atoms with Crippen molar-refractivity contribution in [3.8, 4) is 0 Å². The van der Waals surface area contributed by atoms with E-state index in [1.807, 2.05) is 0 Å². The van der Waals surface area contributed by atoms with Gasteiger partial charge in [0.05, 0.1) is 5.56 Å². The molecule has 17 heavy (non-hydrogen) atoms. The van der Waals surface area contributed by atoms with Crippen molar-refractivity contribution in [1.29, 1.82) is 0 Å². The Balaban J connectivity index is 0.00000144. The molecule has 0 saturated carbocycles. The van der Waals surface area contributed by atoms with Gasteiger partial charge in [-0.05, 0) is 25.1 Å². The molecule has 0 unspecified atom stereocenters. The number of rotatable bonds is 2. The number of aromatic carboxylic acids is 1. The summed E-state index contributed by atoms with van der Waals surface area (Å²) < 4.78 is 0. The van der Waals surface area contributed by atoms with E-state index in [1.54, 1.807) is 12.3 Å². The van der Waals surface area contributed by atoms with Crippen molar-refractivity contribution in [2.45, 2.75) is 6.42 Å². The minimum absolute atomic E-state index is 0. The first-order chi connectivity index (χ1) is 7.77. The number of pyridine rings is 1. The molecule has 5 nitrogen and oxygen atoms in total. The standard InChI is InChI=1S/C11H15N3O2.ClH/c15-11(16)9-2-4-13-10(8-9)14-6-1-3-12-5-7-14;/h2,4,8,12H,1,3,5-7H2,(H,15,16);1H. The first kappa shape index (κ1) is 13.7. The Morgan fingerprint density at radius 3 is 3.00 bits per heavy atom. The lowest BCUT2D eigenvalue weighted by molar-refractivity contribution is 0.0697. The average Bonchev–Trinajstić information content (AvgIpc) is 2.57. The number of anilines is 1. The number of halogens is 1. The highest BCUT2D eigenvalue weighted by Crippen LogP contribution is 2.13. The van der Waals surface area contributed by atoms with E-state index in [-0.39, 0.29) is 12.4 Å². The Bertz CT molecular complexity index is 379. The van der Waals surface area contributed by atoms with Crippen LogP contribution in [0.15, 0.2) is 18.3 Å². The zero-order valence-corrected chi connectivity index (χ0v) is 10.2. The van der Waals surface area contributed by atoms with E-state index in [9.17, 15) is 4.79 Å². The molecule has 94 valence electrons. The van der Waals surface area contributed by atoms with E-state index in [0.29, 0.717) is 5.56 Å². The van der Waals surface area contributed by atoms with E-state index in [0.717, 1.165) is 38.4 Å². The average molecular weight is 258 g/mol. The van der Waals surface area contributed by atoms with Gasteiger partial charge in [-0.2, -0.15) is 0 Å². The number of aromatic nitrogens is 1. The summed E-state index contributed by atoms with van der Waals surface area (Å²) in [5.74, 6) is -0.153. The Labute approximate surface area is 106 Å². The molecule has 0 aromatic carbocycles. The summed E-state index contributed by atoms with van der Waals surface area (Å²) in [5, 5.41) is 12.2. The van der Waals surface area contributed by atoms with Crippen LogP contribution in [-0.4, -0.2) is 42.2 Å². The van der Waals surface area contributed by atoms with Crippen LogP contribution in [0.25, 0.3) is 0 Å². The number of hydrogen-bond donors (Lipinski definition) is 2. The predicted molar refractivity (Wildman–Crippen MR) is 68.1 cm³/mol. The topological polar surface area (TPSA) is 65.5 Å². The summed E-state index contributed by atoms with van der Waals surface area (Å²) in [5.41, 5.74) is 0.294. The van der Waals surface area contributed by atoms with Crippen LogP contribution in [0.3, 0.4) is 0 Å². The van der Waals surface area contributed by atoms with Gasteiger partial charge in [0.15, 0.2) is 0 Å². The lowest BCUT2D eigenvalue weighted by Crippen LogP contribution is -2.28. The van der Waals surface area contributed by atoms with Crippen molar-refractivity contribution in [1.82, 2.24) is 10.3 Å². The van der Waals surface area contributed by atoms with Crippen LogP contribution in [-0.2, 0) is 0 Å². The van der Waals surface area contributed by atoms with Crippen LogP contribution in [0.1, 0.15) is 16.8 Å². The lowest BCUT2D eigenvalue weighted by Gasteiger charge is -2.20. The van der Waals surface area contributed by atoms with Crippen molar-refractivity contribution in [3.05, 3.63) is 23.9 Å². The zero-order chi connectivity index (χ0) is 11.4. The second-order valence-electron chi connectivity index (χ2n) is 3.80. The molecule has 1 saturated heterocycles. The van der Waals surface area contributed by atoms with Gasteiger partial charge in [-0.15, -0.1) is 12.4 Å².